The highest BCUT2D eigenvalue weighted by Gasteiger charge is 2.49. The van der Waals surface area contributed by atoms with Crippen molar-refractivity contribution in [3.05, 3.63) is 249 Å². The molecule has 2 aromatic heterocycles. The van der Waals surface area contributed by atoms with Gasteiger partial charge >= 0.3 is 0 Å². The standard InChI is InChI=1S/C73H58O2/c1-41-29-32-48(42(2)35-41)54(47-31-34-51-58(39-47)73(7,8)67-63(51)65-53-25-14-17-28-61(53)75-70(65)66-49-23-12-15-26-56(49)72(5,6)68(66)67)36-43-30-33-50-57(37-43)71(3,4)59-40-55(46-22-18-21-45(38-46)44-19-10-9-11-20-44)69-64(62(50)59)52-24-13-16-27-60(52)74-69/h9-35,37-40,54H,36H2,1-8H3. The lowest BCUT2D eigenvalue weighted by atomic mass is 9.71. The number of benzene rings is 10. The van der Waals surface area contributed by atoms with Crippen LogP contribution < -0.4 is 0 Å². The Kier molecular flexibility index (Phi) is 9.12. The van der Waals surface area contributed by atoms with Crippen molar-refractivity contribution in [2.45, 2.75) is 84.0 Å². The van der Waals surface area contributed by atoms with E-state index in [1.807, 2.05) is 0 Å². The molecule has 0 N–H and O–H groups in total. The van der Waals surface area contributed by atoms with E-state index in [0.717, 1.165) is 45.3 Å². The Bertz CT molecular complexity index is 4430. The van der Waals surface area contributed by atoms with Gasteiger partial charge in [0.25, 0.3) is 0 Å². The van der Waals surface area contributed by atoms with Crippen molar-refractivity contribution < 1.29 is 8.83 Å². The number of hydrogen-bond donors (Lipinski definition) is 0. The molecule has 12 aromatic rings. The first-order valence-corrected chi connectivity index (χ1v) is 26.9. The highest BCUT2D eigenvalue weighted by atomic mass is 16.3. The number of fused-ring (bicyclic) bond motifs is 19. The fourth-order valence-corrected chi connectivity index (χ4v) is 14.6. The number of rotatable bonds is 6. The minimum Gasteiger partial charge on any atom is -0.455 e. The first-order valence-electron chi connectivity index (χ1n) is 26.9. The van der Waals surface area contributed by atoms with Crippen LogP contribution >= 0.6 is 0 Å². The summed E-state index contributed by atoms with van der Waals surface area (Å²) in [6.45, 7) is 19.2. The van der Waals surface area contributed by atoms with Crippen LogP contribution in [0.2, 0.25) is 0 Å². The Hall–Kier alpha value is -8.20. The molecule has 2 heteroatoms. The van der Waals surface area contributed by atoms with E-state index >= 15 is 0 Å². The largest absolute Gasteiger partial charge is 0.455 e. The van der Waals surface area contributed by atoms with Gasteiger partial charge in [-0.3, -0.25) is 0 Å². The van der Waals surface area contributed by atoms with E-state index in [1.54, 1.807) is 0 Å². The molecule has 0 saturated carbocycles. The zero-order valence-corrected chi connectivity index (χ0v) is 44.0. The first-order chi connectivity index (χ1) is 36.3. The van der Waals surface area contributed by atoms with Crippen molar-refractivity contribution in [1.29, 1.82) is 0 Å². The Morgan fingerprint density at radius 1 is 0.400 bits per heavy atom. The van der Waals surface area contributed by atoms with Crippen molar-refractivity contribution >= 4 is 43.9 Å². The van der Waals surface area contributed by atoms with Gasteiger partial charge in [-0.25, -0.2) is 0 Å². The summed E-state index contributed by atoms with van der Waals surface area (Å²) in [5, 5.41) is 4.80. The minimum atomic E-state index is -0.281. The smallest absolute Gasteiger partial charge is 0.144 e. The maximum Gasteiger partial charge on any atom is 0.144 e. The molecule has 362 valence electrons. The molecule has 0 saturated heterocycles. The summed E-state index contributed by atoms with van der Waals surface area (Å²) >= 11 is 0. The monoisotopic (exact) mass is 966 g/mol. The summed E-state index contributed by atoms with van der Waals surface area (Å²) in [4.78, 5) is 0. The average Bonchev–Trinajstić information content (AvgIpc) is 4.33. The van der Waals surface area contributed by atoms with Crippen LogP contribution in [0.5, 0.6) is 0 Å². The third-order valence-electron chi connectivity index (χ3n) is 18.2. The SMILES string of the molecule is Cc1ccc(C(Cc2ccc3c(c2)C(C)(C)c2cc(-c4cccc(-c5ccccc5)c4)c4oc5ccccc5c4c2-3)c2ccc3c(c2)C(C)(C)c2c4c(c5oc6ccccc6c5c2-3)-c2ccccc2C4(C)C)c(C)c1. The first kappa shape index (κ1) is 44.3. The van der Waals surface area contributed by atoms with Crippen molar-refractivity contribution in [1.82, 2.24) is 0 Å². The summed E-state index contributed by atoms with van der Waals surface area (Å²) in [5.41, 5.74) is 30.6. The van der Waals surface area contributed by atoms with Gasteiger partial charge in [-0.2, -0.15) is 0 Å². The van der Waals surface area contributed by atoms with Crippen LogP contribution in [-0.2, 0) is 22.7 Å². The van der Waals surface area contributed by atoms with Gasteiger partial charge in [0, 0.05) is 54.8 Å². The number of aryl methyl sites for hydroxylation is 2. The van der Waals surface area contributed by atoms with Gasteiger partial charge < -0.3 is 8.83 Å². The Labute approximate surface area is 439 Å². The number of furan rings is 2. The lowest BCUT2D eigenvalue weighted by Crippen LogP contribution is -2.24. The van der Waals surface area contributed by atoms with Gasteiger partial charge in [0.1, 0.15) is 22.3 Å². The van der Waals surface area contributed by atoms with Gasteiger partial charge in [-0.1, -0.05) is 211 Å². The Morgan fingerprint density at radius 2 is 1.00 bits per heavy atom. The predicted octanol–water partition coefficient (Wildman–Crippen LogP) is 19.7. The Morgan fingerprint density at radius 3 is 1.77 bits per heavy atom. The molecule has 3 aliphatic rings. The lowest BCUT2D eigenvalue weighted by Gasteiger charge is -2.31. The highest BCUT2D eigenvalue weighted by Crippen LogP contribution is 2.64. The van der Waals surface area contributed by atoms with Gasteiger partial charge in [0.15, 0.2) is 0 Å². The summed E-state index contributed by atoms with van der Waals surface area (Å²) in [6, 6.07) is 70.4. The van der Waals surface area contributed by atoms with Crippen LogP contribution in [0.1, 0.15) is 109 Å². The van der Waals surface area contributed by atoms with Gasteiger partial charge in [-0.05, 0) is 145 Å². The zero-order valence-electron chi connectivity index (χ0n) is 44.0. The molecule has 2 nitrogen and oxygen atoms in total. The summed E-state index contributed by atoms with van der Waals surface area (Å²) in [6.07, 6.45) is 0.867. The van der Waals surface area contributed by atoms with Crippen molar-refractivity contribution in [2.24, 2.45) is 0 Å². The molecule has 0 aliphatic heterocycles. The molecule has 0 spiro atoms. The normalized spacial score (nSPS) is 15.5. The maximum absolute atomic E-state index is 7.01. The maximum atomic E-state index is 7.01. The molecule has 0 radical (unpaired) electrons. The quantitative estimate of drug-likeness (QED) is 0.166. The van der Waals surface area contributed by atoms with E-state index in [0.29, 0.717) is 0 Å². The fourth-order valence-electron chi connectivity index (χ4n) is 14.6. The van der Waals surface area contributed by atoms with Crippen LogP contribution in [0.15, 0.2) is 197 Å². The minimum absolute atomic E-state index is 0.120. The van der Waals surface area contributed by atoms with E-state index < -0.39 is 0 Å². The second-order valence-corrected chi connectivity index (χ2v) is 23.6. The molecule has 1 atom stereocenters. The second-order valence-electron chi connectivity index (χ2n) is 23.6. The van der Waals surface area contributed by atoms with Gasteiger partial charge in [0.2, 0.25) is 0 Å². The van der Waals surface area contributed by atoms with Crippen LogP contribution in [0.25, 0.3) is 99.5 Å². The molecule has 15 rings (SSSR count). The van der Waals surface area contributed by atoms with Crippen LogP contribution in [0.3, 0.4) is 0 Å². The number of para-hydroxylation sites is 2. The van der Waals surface area contributed by atoms with E-state index in [-0.39, 0.29) is 22.2 Å². The van der Waals surface area contributed by atoms with Crippen molar-refractivity contribution in [3.63, 3.8) is 0 Å². The summed E-state index contributed by atoms with van der Waals surface area (Å²) < 4.78 is 13.9. The van der Waals surface area contributed by atoms with Gasteiger partial charge in [0.05, 0.1) is 0 Å². The van der Waals surface area contributed by atoms with Crippen molar-refractivity contribution in [2.75, 3.05) is 0 Å². The van der Waals surface area contributed by atoms with E-state index in [2.05, 4.69) is 243 Å². The third kappa shape index (κ3) is 6.08. The molecular formula is C73H58O2. The van der Waals surface area contributed by atoms with Gasteiger partial charge in [-0.15, -0.1) is 0 Å². The van der Waals surface area contributed by atoms with E-state index in [4.69, 9.17) is 8.83 Å². The molecule has 0 bridgehead atoms. The van der Waals surface area contributed by atoms with Crippen LogP contribution in [-0.4, -0.2) is 0 Å². The summed E-state index contributed by atoms with van der Waals surface area (Å²) in [5.74, 6) is 0.120. The van der Waals surface area contributed by atoms with E-state index in [9.17, 15) is 0 Å². The highest BCUT2D eigenvalue weighted by molar-refractivity contribution is 6.21. The van der Waals surface area contributed by atoms with Crippen molar-refractivity contribution in [3.8, 4) is 55.6 Å². The zero-order chi connectivity index (χ0) is 50.9. The van der Waals surface area contributed by atoms with Crippen LogP contribution in [0.4, 0.5) is 0 Å². The molecule has 1 unspecified atom stereocenters. The molecule has 75 heavy (non-hydrogen) atoms. The number of hydrogen-bond acceptors (Lipinski definition) is 2. The molecule has 10 aromatic carbocycles. The molecule has 0 amide bonds. The van der Waals surface area contributed by atoms with E-state index in [1.165, 1.54) is 122 Å². The fraction of sp³-hybridized carbons (Fsp3) is 0.178. The summed E-state index contributed by atoms with van der Waals surface area (Å²) in [7, 11) is 0. The predicted molar refractivity (Wildman–Crippen MR) is 312 cm³/mol. The average molecular weight is 967 g/mol. The second kappa shape index (κ2) is 15.4. The molecule has 3 aliphatic carbocycles. The Balaban J connectivity index is 0.886. The van der Waals surface area contributed by atoms with Crippen LogP contribution in [0, 0.1) is 13.8 Å². The third-order valence-corrected chi connectivity index (χ3v) is 18.2. The molecule has 2 heterocycles. The molecular weight excluding hydrogens is 909 g/mol. The lowest BCUT2D eigenvalue weighted by molar-refractivity contribution is 0.599. The topological polar surface area (TPSA) is 26.3 Å². The molecule has 0 fully saturated rings.